The molecule has 2 aromatic rings. The fraction of sp³-hybridized carbons (Fsp3) is 0.316. The van der Waals surface area contributed by atoms with E-state index in [1.165, 1.54) is 11.8 Å². The van der Waals surface area contributed by atoms with Crippen LogP contribution in [0.4, 0.5) is 0 Å². The van der Waals surface area contributed by atoms with E-state index < -0.39 is 0 Å². The van der Waals surface area contributed by atoms with E-state index in [1.54, 1.807) is 19.2 Å². The van der Waals surface area contributed by atoms with Gasteiger partial charge < -0.3 is 20.1 Å². The Morgan fingerprint density at radius 3 is 2.80 bits per heavy atom. The number of carbonyl (C=O) groups is 1. The summed E-state index contributed by atoms with van der Waals surface area (Å²) in [6.45, 7) is 2.19. The van der Waals surface area contributed by atoms with E-state index in [9.17, 15) is 9.90 Å². The number of carbonyl (C=O) groups excluding carboxylic acids is 1. The van der Waals surface area contributed by atoms with Crippen molar-refractivity contribution >= 4 is 17.7 Å². The molecule has 0 aromatic heterocycles. The van der Waals surface area contributed by atoms with Crippen molar-refractivity contribution in [1.29, 1.82) is 0 Å². The van der Waals surface area contributed by atoms with E-state index in [0.29, 0.717) is 12.3 Å². The van der Waals surface area contributed by atoms with Crippen LogP contribution in [0.5, 0.6) is 11.5 Å². The predicted octanol–water partition coefficient (Wildman–Crippen LogP) is 2.67. The van der Waals surface area contributed by atoms with E-state index in [-0.39, 0.29) is 17.7 Å². The molecule has 0 bridgehead atoms. The van der Waals surface area contributed by atoms with E-state index >= 15 is 0 Å². The molecule has 1 heterocycles. The molecule has 1 saturated heterocycles. The van der Waals surface area contributed by atoms with E-state index in [0.717, 1.165) is 29.3 Å². The molecule has 5 nitrogen and oxygen atoms in total. The van der Waals surface area contributed by atoms with Crippen LogP contribution in [0.25, 0.3) is 0 Å². The molecular weight excluding hydrogens is 336 g/mol. The molecule has 132 valence electrons. The molecule has 0 aliphatic carbocycles. The number of benzene rings is 2. The molecule has 1 aliphatic rings. The van der Waals surface area contributed by atoms with Crippen LogP contribution in [0.2, 0.25) is 0 Å². The third-order valence-corrected chi connectivity index (χ3v) is 5.26. The first kappa shape index (κ1) is 17.6. The number of hydrogen-bond acceptors (Lipinski definition) is 5. The first-order chi connectivity index (χ1) is 12.2. The minimum atomic E-state index is -0.0298. The number of para-hydroxylation sites is 1. The number of amides is 1. The molecule has 1 aliphatic heterocycles. The van der Waals surface area contributed by atoms with Crippen molar-refractivity contribution in [3.05, 3.63) is 54.1 Å². The van der Waals surface area contributed by atoms with Crippen molar-refractivity contribution in [1.82, 2.24) is 10.2 Å². The maximum absolute atomic E-state index is 12.8. The van der Waals surface area contributed by atoms with Crippen molar-refractivity contribution in [2.75, 3.05) is 32.5 Å². The highest BCUT2D eigenvalue weighted by molar-refractivity contribution is 8.00. The van der Waals surface area contributed by atoms with Gasteiger partial charge in [-0.25, -0.2) is 0 Å². The Kier molecular flexibility index (Phi) is 5.83. The van der Waals surface area contributed by atoms with Gasteiger partial charge in [-0.1, -0.05) is 18.2 Å². The third-order valence-electron chi connectivity index (χ3n) is 4.26. The fourth-order valence-electron chi connectivity index (χ4n) is 2.99. The summed E-state index contributed by atoms with van der Waals surface area (Å²) in [4.78, 5) is 15.7. The molecule has 1 fully saturated rings. The Bertz CT molecular complexity index is 721. The topological polar surface area (TPSA) is 61.8 Å². The van der Waals surface area contributed by atoms with Gasteiger partial charge in [-0.2, -0.15) is 0 Å². The Hall–Kier alpha value is -2.18. The smallest absolute Gasteiger partial charge is 0.233 e. The van der Waals surface area contributed by atoms with Gasteiger partial charge in [0, 0.05) is 30.1 Å². The van der Waals surface area contributed by atoms with Crippen molar-refractivity contribution in [3.8, 4) is 11.5 Å². The Morgan fingerprint density at radius 2 is 2.04 bits per heavy atom. The lowest BCUT2D eigenvalue weighted by molar-refractivity contribution is -0.131. The third kappa shape index (κ3) is 4.27. The largest absolute Gasteiger partial charge is 0.508 e. The fourth-order valence-corrected chi connectivity index (χ4v) is 3.78. The van der Waals surface area contributed by atoms with E-state index in [4.69, 9.17) is 4.74 Å². The highest BCUT2D eigenvalue weighted by atomic mass is 32.2. The van der Waals surface area contributed by atoms with Crippen molar-refractivity contribution < 1.29 is 14.6 Å². The lowest BCUT2D eigenvalue weighted by atomic mass is 10.0. The lowest BCUT2D eigenvalue weighted by Crippen LogP contribution is -2.49. The predicted molar refractivity (Wildman–Crippen MR) is 99.1 cm³/mol. The number of phenols is 1. The summed E-state index contributed by atoms with van der Waals surface area (Å²) >= 11 is 1.48. The normalized spacial score (nSPS) is 17.3. The molecule has 25 heavy (non-hydrogen) atoms. The molecule has 0 radical (unpaired) electrons. The number of aromatic hydroxyl groups is 1. The van der Waals surface area contributed by atoms with Gasteiger partial charge in [0.05, 0.1) is 18.9 Å². The second-order valence-electron chi connectivity index (χ2n) is 5.83. The number of methoxy groups -OCH3 is 1. The van der Waals surface area contributed by atoms with Crippen LogP contribution in [0, 0.1) is 0 Å². The molecular formula is C19H22N2O3S. The number of nitrogens with one attached hydrogen (secondary N) is 1. The van der Waals surface area contributed by atoms with Gasteiger partial charge in [0.1, 0.15) is 11.5 Å². The van der Waals surface area contributed by atoms with Crippen LogP contribution >= 0.6 is 11.8 Å². The van der Waals surface area contributed by atoms with Crippen LogP contribution in [-0.4, -0.2) is 48.4 Å². The van der Waals surface area contributed by atoms with Gasteiger partial charge in [0.25, 0.3) is 0 Å². The van der Waals surface area contributed by atoms with Gasteiger partial charge in [0.2, 0.25) is 5.91 Å². The SMILES string of the molecule is COc1ccccc1C1CNCCN1C(=O)CSc1ccc(O)cc1. The Labute approximate surface area is 152 Å². The van der Waals surface area contributed by atoms with Gasteiger partial charge >= 0.3 is 0 Å². The van der Waals surface area contributed by atoms with Gasteiger partial charge in [-0.15, -0.1) is 11.8 Å². The zero-order valence-electron chi connectivity index (χ0n) is 14.1. The number of ether oxygens (including phenoxy) is 1. The quantitative estimate of drug-likeness (QED) is 0.805. The minimum absolute atomic E-state index is 0.0298. The lowest BCUT2D eigenvalue weighted by Gasteiger charge is -2.37. The summed E-state index contributed by atoms with van der Waals surface area (Å²) in [5, 5.41) is 12.7. The van der Waals surface area contributed by atoms with Crippen LogP contribution in [-0.2, 0) is 4.79 Å². The molecule has 3 rings (SSSR count). The summed E-state index contributed by atoms with van der Waals surface area (Å²) in [6, 6.07) is 14.7. The maximum atomic E-state index is 12.8. The first-order valence-corrected chi connectivity index (χ1v) is 9.22. The molecule has 1 atom stereocenters. The van der Waals surface area contributed by atoms with E-state index in [1.807, 2.05) is 41.3 Å². The number of hydrogen-bond donors (Lipinski definition) is 2. The average Bonchev–Trinajstić information content (AvgIpc) is 2.67. The summed E-state index contributed by atoms with van der Waals surface area (Å²) in [5.74, 6) is 1.51. The number of thioether (sulfide) groups is 1. The summed E-state index contributed by atoms with van der Waals surface area (Å²) in [6.07, 6.45) is 0. The van der Waals surface area contributed by atoms with Gasteiger partial charge in [-0.3, -0.25) is 4.79 Å². The molecule has 2 aromatic carbocycles. The standard InChI is InChI=1S/C19H22N2O3S/c1-24-18-5-3-2-4-16(18)17-12-20-10-11-21(17)19(23)13-25-15-8-6-14(22)7-9-15/h2-9,17,20,22H,10-13H2,1H3. The molecule has 1 unspecified atom stereocenters. The van der Waals surface area contributed by atoms with Crippen LogP contribution in [0.15, 0.2) is 53.4 Å². The number of nitrogens with zero attached hydrogens (tertiary/aromatic N) is 1. The maximum Gasteiger partial charge on any atom is 0.233 e. The van der Waals surface area contributed by atoms with E-state index in [2.05, 4.69) is 5.32 Å². The van der Waals surface area contributed by atoms with Crippen LogP contribution in [0.3, 0.4) is 0 Å². The van der Waals surface area contributed by atoms with Gasteiger partial charge in [0.15, 0.2) is 0 Å². The average molecular weight is 358 g/mol. The van der Waals surface area contributed by atoms with Crippen molar-refractivity contribution in [3.63, 3.8) is 0 Å². The second kappa shape index (κ2) is 8.27. The molecule has 0 spiro atoms. The Morgan fingerprint density at radius 1 is 1.28 bits per heavy atom. The number of rotatable bonds is 5. The van der Waals surface area contributed by atoms with Crippen molar-refractivity contribution in [2.24, 2.45) is 0 Å². The summed E-state index contributed by atoms with van der Waals surface area (Å²) in [5.41, 5.74) is 1.03. The van der Waals surface area contributed by atoms with Crippen LogP contribution < -0.4 is 10.1 Å². The number of piperazine rings is 1. The van der Waals surface area contributed by atoms with Gasteiger partial charge in [-0.05, 0) is 30.3 Å². The summed E-state index contributed by atoms with van der Waals surface area (Å²) < 4.78 is 5.47. The highest BCUT2D eigenvalue weighted by Crippen LogP contribution is 2.31. The van der Waals surface area contributed by atoms with Crippen LogP contribution in [0.1, 0.15) is 11.6 Å². The molecule has 1 amide bonds. The molecule has 2 N–H and O–H groups in total. The summed E-state index contributed by atoms with van der Waals surface area (Å²) in [7, 11) is 1.65. The highest BCUT2D eigenvalue weighted by Gasteiger charge is 2.29. The second-order valence-corrected chi connectivity index (χ2v) is 6.88. The first-order valence-electron chi connectivity index (χ1n) is 8.24. The zero-order chi connectivity index (χ0) is 17.6. The van der Waals surface area contributed by atoms with Crippen molar-refractivity contribution in [2.45, 2.75) is 10.9 Å². The zero-order valence-corrected chi connectivity index (χ0v) is 15.0. The molecule has 0 saturated carbocycles. The monoisotopic (exact) mass is 358 g/mol. The number of phenolic OH excluding ortho intramolecular Hbond substituents is 1. The Balaban J connectivity index is 1.71. The minimum Gasteiger partial charge on any atom is -0.508 e. The molecule has 6 heteroatoms.